The summed E-state index contributed by atoms with van der Waals surface area (Å²) in [5, 5.41) is 1.41. The van der Waals surface area contributed by atoms with Gasteiger partial charge in [0.05, 0.1) is 28.8 Å². The van der Waals surface area contributed by atoms with Crippen molar-refractivity contribution < 1.29 is 4.79 Å². The van der Waals surface area contributed by atoms with Gasteiger partial charge in [-0.25, -0.2) is 4.98 Å². The molecule has 0 saturated carbocycles. The molecule has 7 nitrogen and oxygen atoms in total. The van der Waals surface area contributed by atoms with Gasteiger partial charge >= 0.3 is 0 Å². The van der Waals surface area contributed by atoms with E-state index in [4.69, 9.17) is 28.2 Å². The highest BCUT2D eigenvalue weighted by molar-refractivity contribution is 6.30. The number of fused-ring (bicyclic) bond motifs is 2. The van der Waals surface area contributed by atoms with Crippen LogP contribution >= 0.6 is 23.2 Å². The number of nitrogens with zero attached hydrogens (tertiary/aromatic N) is 6. The molecule has 0 N–H and O–H groups in total. The summed E-state index contributed by atoms with van der Waals surface area (Å²) < 4.78 is 2.16. The minimum atomic E-state index is -0.192. The second-order valence-electron chi connectivity index (χ2n) is 11.4. The number of carbonyl (C=O) groups is 1. The molecule has 3 atom stereocenters. The number of amides is 1. The topological polar surface area (TPSA) is 57.5 Å². The van der Waals surface area contributed by atoms with Crippen LogP contribution in [0.1, 0.15) is 47.0 Å². The normalized spacial score (nSPS) is 24.2. The number of benzene rings is 1. The van der Waals surface area contributed by atoms with Gasteiger partial charge in [-0.1, -0.05) is 29.3 Å². The number of hydrogen-bond donors (Lipinski definition) is 0. The van der Waals surface area contributed by atoms with Crippen molar-refractivity contribution in [2.75, 3.05) is 39.8 Å². The molecule has 1 unspecified atom stereocenters. The summed E-state index contributed by atoms with van der Waals surface area (Å²) in [4.78, 5) is 30.1. The van der Waals surface area contributed by atoms with E-state index in [-0.39, 0.29) is 18.0 Å². The van der Waals surface area contributed by atoms with Gasteiger partial charge in [0.2, 0.25) is 5.91 Å². The van der Waals surface area contributed by atoms with Crippen LogP contribution in [0.3, 0.4) is 0 Å². The number of likely N-dealkylation sites (N-methyl/N-ethyl adjacent to an activating group) is 1. The van der Waals surface area contributed by atoms with Gasteiger partial charge < -0.3 is 9.47 Å². The number of halogens is 2. The van der Waals surface area contributed by atoms with Crippen LogP contribution in [-0.2, 0) is 24.2 Å². The van der Waals surface area contributed by atoms with Gasteiger partial charge in [-0.2, -0.15) is 0 Å². The molecule has 0 radical (unpaired) electrons. The smallest absolute Gasteiger partial charge is 0.241 e. The highest BCUT2D eigenvalue weighted by Crippen LogP contribution is 2.38. The highest BCUT2D eigenvalue weighted by Gasteiger charge is 2.39. The molecule has 1 amide bonds. The predicted molar refractivity (Wildman–Crippen MR) is 154 cm³/mol. The van der Waals surface area contributed by atoms with Gasteiger partial charge in [-0.05, 0) is 80.5 Å². The third-order valence-corrected chi connectivity index (χ3v) is 9.12. The average molecular weight is 568 g/mol. The van der Waals surface area contributed by atoms with Gasteiger partial charge in [0.25, 0.3) is 0 Å². The molecule has 4 heterocycles. The van der Waals surface area contributed by atoms with Crippen molar-refractivity contribution in [2.45, 2.75) is 51.2 Å². The maximum atomic E-state index is 14.0. The molecule has 1 aromatic carbocycles. The fourth-order valence-corrected chi connectivity index (χ4v) is 7.05. The Balaban J connectivity index is 1.25. The summed E-state index contributed by atoms with van der Waals surface area (Å²) in [6, 6.07) is 8.04. The number of piperazine rings is 1. The van der Waals surface area contributed by atoms with Crippen molar-refractivity contribution in [2.24, 2.45) is 5.92 Å². The Morgan fingerprint density at radius 1 is 1.03 bits per heavy atom. The van der Waals surface area contributed by atoms with Crippen LogP contribution < -0.4 is 0 Å². The second kappa shape index (κ2) is 11.2. The molecule has 206 valence electrons. The molecule has 1 aliphatic carbocycles. The SMILES string of the molecule is Cc1cn(C[C@H]2CCCN(C(=O)[C@H]3CN(C4c5ccc(Cl)cc5CCc5cc(Cl)cnc54)CCN3C)C2)cn1. The largest absolute Gasteiger partial charge is 0.341 e. The molecule has 3 aromatic rings. The number of pyridine rings is 1. The minimum Gasteiger partial charge on any atom is -0.341 e. The maximum absolute atomic E-state index is 14.0. The Hall–Kier alpha value is -2.45. The molecule has 2 saturated heterocycles. The molecule has 6 rings (SSSR count). The first-order chi connectivity index (χ1) is 18.9. The third kappa shape index (κ3) is 5.60. The molecule has 9 heteroatoms. The van der Waals surface area contributed by atoms with E-state index in [1.54, 1.807) is 6.20 Å². The Bertz CT molecular complexity index is 1310. The summed E-state index contributed by atoms with van der Waals surface area (Å²) in [6.45, 7) is 6.90. The number of aryl methyl sites for hydroxylation is 3. The van der Waals surface area contributed by atoms with Crippen LogP contribution in [-0.4, -0.2) is 81.0 Å². The van der Waals surface area contributed by atoms with Crippen molar-refractivity contribution in [1.82, 2.24) is 29.2 Å². The highest BCUT2D eigenvalue weighted by atomic mass is 35.5. The Morgan fingerprint density at radius 3 is 2.67 bits per heavy atom. The van der Waals surface area contributed by atoms with Crippen LogP contribution in [0, 0.1) is 12.8 Å². The fraction of sp³-hybridized carbons (Fsp3) is 0.500. The zero-order chi connectivity index (χ0) is 27.1. The number of imidazole rings is 1. The Labute approximate surface area is 240 Å². The molecular formula is C30H36Cl2N6O. The number of rotatable bonds is 4. The van der Waals surface area contributed by atoms with Gasteiger partial charge in [-0.15, -0.1) is 0 Å². The average Bonchev–Trinajstić information content (AvgIpc) is 3.26. The molecule has 3 aliphatic rings. The first kappa shape index (κ1) is 26.8. The number of carbonyl (C=O) groups excluding carboxylic acids is 1. The van der Waals surface area contributed by atoms with Crippen molar-refractivity contribution in [3.05, 3.63) is 81.1 Å². The van der Waals surface area contributed by atoms with Crippen molar-refractivity contribution in [3.63, 3.8) is 0 Å². The molecular weight excluding hydrogens is 531 g/mol. The lowest BCUT2D eigenvalue weighted by atomic mass is 9.94. The standard InChI is InChI=1S/C30H36Cl2N6O/c1-20-15-36(19-34-20)16-21-4-3-9-38(17-21)30(39)27-18-37(11-10-35(27)2)29-26-8-7-24(31)12-22(26)5-6-23-13-25(32)14-33-28(23)29/h7-8,12-15,19,21,27,29H,3-6,9-11,16-18H2,1-2H3/t21-,27-,29?/m1/s1. The Morgan fingerprint density at radius 2 is 1.85 bits per heavy atom. The Kier molecular flexibility index (Phi) is 7.68. The lowest BCUT2D eigenvalue weighted by molar-refractivity contribution is -0.141. The van der Waals surface area contributed by atoms with Gasteiger partial charge in [0, 0.05) is 56.7 Å². The van der Waals surface area contributed by atoms with E-state index in [9.17, 15) is 4.79 Å². The van der Waals surface area contributed by atoms with Crippen LogP contribution in [0.15, 0.2) is 43.0 Å². The van der Waals surface area contributed by atoms with Crippen molar-refractivity contribution >= 4 is 29.1 Å². The van der Waals surface area contributed by atoms with E-state index in [1.165, 1.54) is 16.7 Å². The molecule has 0 bridgehead atoms. The summed E-state index contributed by atoms with van der Waals surface area (Å²) in [6.07, 6.45) is 9.68. The van der Waals surface area contributed by atoms with Crippen LogP contribution in [0.2, 0.25) is 10.0 Å². The van der Waals surface area contributed by atoms with Crippen LogP contribution in [0.5, 0.6) is 0 Å². The monoisotopic (exact) mass is 566 g/mol. The summed E-state index contributed by atoms with van der Waals surface area (Å²) in [5.74, 6) is 0.684. The predicted octanol–water partition coefficient (Wildman–Crippen LogP) is 4.64. The third-order valence-electron chi connectivity index (χ3n) is 8.68. The van der Waals surface area contributed by atoms with E-state index in [0.717, 1.165) is 74.8 Å². The summed E-state index contributed by atoms with van der Waals surface area (Å²) in [7, 11) is 2.09. The second-order valence-corrected chi connectivity index (χ2v) is 12.3. The molecule has 2 aliphatic heterocycles. The minimum absolute atomic E-state index is 0.0328. The zero-order valence-corrected chi connectivity index (χ0v) is 24.2. The van der Waals surface area contributed by atoms with E-state index in [2.05, 4.69) is 55.7 Å². The zero-order valence-electron chi connectivity index (χ0n) is 22.7. The lowest BCUT2D eigenvalue weighted by Crippen LogP contribution is -2.60. The van der Waals surface area contributed by atoms with Gasteiger partial charge in [0.1, 0.15) is 6.04 Å². The van der Waals surface area contributed by atoms with Crippen LogP contribution in [0.25, 0.3) is 0 Å². The van der Waals surface area contributed by atoms with Crippen LogP contribution in [0.4, 0.5) is 0 Å². The molecule has 39 heavy (non-hydrogen) atoms. The van der Waals surface area contributed by atoms with Gasteiger partial charge in [-0.3, -0.25) is 19.6 Å². The van der Waals surface area contributed by atoms with E-state index in [0.29, 0.717) is 17.5 Å². The van der Waals surface area contributed by atoms with Gasteiger partial charge in [0.15, 0.2) is 0 Å². The lowest BCUT2D eigenvalue weighted by Gasteiger charge is -2.45. The number of likely N-dealkylation sites (tertiary alicyclic amines) is 1. The number of piperidine rings is 1. The van der Waals surface area contributed by atoms with Crippen molar-refractivity contribution in [1.29, 1.82) is 0 Å². The van der Waals surface area contributed by atoms with Crippen molar-refractivity contribution in [3.8, 4) is 0 Å². The van der Waals surface area contributed by atoms with E-state index < -0.39 is 0 Å². The number of hydrogen-bond acceptors (Lipinski definition) is 5. The van der Waals surface area contributed by atoms with E-state index in [1.807, 2.05) is 19.3 Å². The first-order valence-electron chi connectivity index (χ1n) is 14.0. The molecule has 2 fully saturated rings. The molecule has 2 aromatic heterocycles. The quantitative estimate of drug-likeness (QED) is 0.460. The van der Waals surface area contributed by atoms with E-state index >= 15 is 0 Å². The number of aromatic nitrogens is 3. The summed E-state index contributed by atoms with van der Waals surface area (Å²) >= 11 is 12.8. The first-order valence-corrected chi connectivity index (χ1v) is 14.8. The maximum Gasteiger partial charge on any atom is 0.241 e. The summed E-state index contributed by atoms with van der Waals surface area (Å²) in [5.41, 5.74) is 5.73. The fourth-order valence-electron chi connectivity index (χ4n) is 6.67. The molecule has 0 spiro atoms.